The predicted octanol–water partition coefficient (Wildman–Crippen LogP) is 2.10. The minimum atomic E-state index is -0.363. The number of amides is 2. The van der Waals surface area contributed by atoms with Gasteiger partial charge in [0.15, 0.2) is 0 Å². The molecular weight excluding hydrogens is 308 g/mol. The third-order valence-electron chi connectivity index (χ3n) is 4.11. The molecule has 1 aliphatic rings. The van der Waals surface area contributed by atoms with Crippen LogP contribution in [0.25, 0.3) is 0 Å². The van der Waals surface area contributed by atoms with Crippen LogP contribution in [0.1, 0.15) is 28.9 Å². The molecule has 0 unspecified atom stereocenters. The van der Waals surface area contributed by atoms with Gasteiger partial charge in [0.1, 0.15) is 6.10 Å². The van der Waals surface area contributed by atoms with Crippen LogP contribution in [0, 0.1) is 6.92 Å². The molecule has 7 nitrogen and oxygen atoms in total. The van der Waals surface area contributed by atoms with Crippen LogP contribution in [0.4, 0.5) is 11.4 Å². The molecule has 0 bridgehead atoms. The summed E-state index contributed by atoms with van der Waals surface area (Å²) in [5.41, 5.74) is 2.66. The molecule has 1 aliphatic heterocycles. The Labute approximate surface area is 140 Å². The maximum absolute atomic E-state index is 12.2. The minimum absolute atomic E-state index is 0.129. The quantitative estimate of drug-likeness (QED) is 0.900. The van der Waals surface area contributed by atoms with E-state index in [9.17, 15) is 9.59 Å². The standard InChI is InChI=1S/C17H20N4O3/c1-11-14(10-18-21(11)2)16(22)19-12-5-7-13(8-6-12)20-17(23)15-4-3-9-24-15/h5-8,10,15H,3-4,9H2,1-2H3,(H,19,22)(H,20,23)/t15-/m0/s1. The molecule has 2 aromatic rings. The Morgan fingerprint density at radius 1 is 1.21 bits per heavy atom. The van der Waals surface area contributed by atoms with Crippen LogP contribution in [0.2, 0.25) is 0 Å². The second kappa shape index (κ2) is 6.84. The van der Waals surface area contributed by atoms with Gasteiger partial charge in [0.25, 0.3) is 11.8 Å². The highest BCUT2D eigenvalue weighted by atomic mass is 16.5. The van der Waals surface area contributed by atoms with Gasteiger partial charge in [-0.3, -0.25) is 14.3 Å². The molecule has 0 aliphatic carbocycles. The lowest BCUT2D eigenvalue weighted by molar-refractivity contribution is -0.124. The normalized spacial score (nSPS) is 16.8. The summed E-state index contributed by atoms with van der Waals surface area (Å²) in [5.74, 6) is -0.341. The van der Waals surface area contributed by atoms with E-state index < -0.39 is 0 Å². The fourth-order valence-electron chi connectivity index (χ4n) is 2.56. The SMILES string of the molecule is Cc1c(C(=O)Nc2ccc(NC(=O)[C@@H]3CCCO3)cc2)cnn1C. The van der Waals surface area contributed by atoms with Gasteiger partial charge >= 0.3 is 0 Å². The molecule has 0 radical (unpaired) electrons. The van der Waals surface area contributed by atoms with Crippen molar-refractivity contribution in [1.82, 2.24) is 9.78 Å². The first kappa shape index (κ1) is 16.2. The molecule has 1 fully saturated rings. The molecule has 3 rings (SSSR count). The first-order chi connectivity index (χ1) is 11.5. The van der Waals surface area contributed by atoms with Crippen molar-refractivity contribution in [3.8, 4) is 0 Å². The molecule has 1 atom stereocenters. The summed E-state index contributed by atoms with van der Waals surface area (Å²) < 4.78 is 7.00. The predicted molar refractivity (Wildman–Crippen MR) is 89.9 cm³/mol. The van der Waals surface area contributed by atoms with Gasteiger partial charge < -0.3 is 15.4 Å². The lowest BCUT2D eigenvalue weighted by Crippen LogP contribution is -2.26. The molecule has 2 amide bonds. The van der Waals surface area contributed by atoms with Crippen molar-refractivity contribution in [3.05, 3.63) is 41.7 Å². The second-order valence-electron chi connectivity index (χ2n) is 5.79. The van der Waals surface area contributed by atoms with Gasteiger partial charge in [-0.05, 0) is 44.0 Å². The summed E-state index contributed by atoms with van der Waals surface area (Å²) in [6.45, 7) is 2.47. The summed E-state index contributed by atoms with van der Waals surface area (Å²) in [6.07, 6.45) is 2.85. The van der Waals surface area contributed by atoms with E-state index >= 15 is 0 Å². The number of carbonyl (C=O) groups excluding carboxylic acids is 2. The Bertz CT molecular complexity index is 746. The van der Waals surface area contributed by atoms with Crippen LogP contribution < -0.4 is 10.6 Å². The molecule has 1 aromatic heterocycles. The highest BCUT2D eigenvalue weighted by Crippen LogP contribution is 2.18. The van der Waals surface area contributed by atoms with E-state index in [1.165, 1.54) is 0 Å². The Balaban J connectivity index is 1.61. The van der Waals surface area contributed by atoms with E-state index in [1.54, 1.807) is 42.2 Å². The average molecular weight is 328 g/mol. The van der Waals surface area contributed by atoms with E-state index in [2.05, 4.69) is 15.7 Å². The van der Waals surface area contributed by atoms with Crippen LogP contribution >= 0.6 is 0 Å². The highest BCUT2D eigenvalue weighted by molar-refractivity contribution is 6.05. The summed E-state index contributed by atoms with van der Waals surface area (Å²) in [6, 6.07) is 6.99. The third-order valence-corrected chi connectivity index (χ3v) is 4.11. The number of hydrogen-bond donors (Lipinski definition) is 2. The minimum Gasteiger partial charge on any atom is -0.368 e. The lowest BCUT2D eigenvalue weighted by Gasteiger charge is -2.11. The number of benzene rings is 1. The highest BCUT2D eigenvalue weighted by Gasteiger charge is 2.23. The third kappa shape index (κ3) is 3.46. The van der Waals surface area contributed by atoms with Crippen LogP contribution in [-0.4, -0.2) is 34.3 Å². The van der Waals surface area contributed by atoms with E-state index in [1.807, 2.05) is 6.92 Å². The lowest BCUT2D eigenvalue weighted by atomic mass is 10.2. The molecule has 1 aromatic carbocycles. The summed E-state index contributed by atoms with van der Waals surface area (Å²) in [4.78, 5) is 24.2. The number of rotatable bonds is 4. The molecule has 2 N–H and O–H groups in total. The van der Waals surface area contributed by atoms with E-state index in [4.69, 9.17) is 4.74 Å². The number of carbonyl (C=O) groups is 2. The van der Waals surface area contributed by atoms with Crippen molar-refractivity contribution in [3.63, 3.8) is 0 Å². The van der Waals surface area contributed by atoms with E-state index in [0.29, 0.717) is 23.5 Å². The maximum atomic E-state index is 12.2. The van der Waals surface area contributed by atoms with Gasteiger partial charge in [0, 0.05) is 30.7 Å². The zero-order valence-corrected chi connectivity index (χ0v) is 13.7. The smallest absolute Gasteiger partial charge is 0.259 e. The Hall–Kier alpha value is -2.67. The maximum Gasteiger partial charge on any atom is 0.259 e. The number of aryl methyl sites for hydroxylation is 1. The number of nitrogens with one attached hydrogen (secondary N) is 2. The van der Waals surface area contributed by atoms with E-state index in [0.717, 1.165) is 18.5 Å². The second-order valence-corrected chi connectivity index (χ2v) is 5.79. The molecule has 0 spiro atoms. The van der Waals surface area contributed by atoms with Gasteiger partial charge in [0.2, 0.25) is 0 Å². The topological polar surface area (TPSA) is 85.2 Å². The van der Waals surface area contributed by atoms with Crippen LogP contribution in [0.15, 0.2) is 30.5 Å². The summed E-state index contributed by atoms with van der Waals surface area (Å²) >= 11 is 0. The number of nitrogens with zero attached hydrogens (tertiary/aromatic N) is 2. The molecule has 7 heteroatoms. The van der Waals surface area contributed by atoms with Gasteiger partial charge in [-0.2, -0.15) is 5.10 Å². The van der Waals surface area contributed by atoms with Crippen LogP contribution in [0.3, 0.4) is 0 Å². The monoisotopic (exact) mass is 328 g/mol. The Morgan fingerprint density at radius 3 is 2.42 bits per heavy atom. The van der Waals surface area contributed by atoms with Gasteiger partial charge in [-0.15, -0.1) is 0 Å². The molecule has 126 valence electrons. The zero-order chi connectivity index (χ0) is 17.1. The summed E-state index contributed by atoms with van der Waals surface area (Å²) in [7, 11) is 1.79. The fourth-order valence-corrected chi connectivity index (χ4v) is 2.56. The van der Waals surface area contributed by atoms with Crippen molar-refractivity contribution in [2.45, 2.75) is 25.9 Å². The number of anilines is 2. The van der Waals surface area contributed by atoms with Crippen molar-refractivity contribution in [1.29, 1.82) is 0 Å². The average Bonchev–Trinajstić information content (AvgIpc) is 3.21. The van der Waals surface area contributed by atoms with Crippen LogP contribution in [0.5, 0.6) is 0 Å². The van der Waals surface area contributed by atoms with Gasteiger partial charge in [0.05, 0.1) is 11.8 Å². The molecular formula is C17H20N4O3. The fraction of sp³-hybridized carbons (Fsp3) is 0.353. The number of ether oxygens (including phenoxy) is 1. The summed E-state index contributed by atoms with van der Waals surface area (Å²) in [5, 5.41) is 9.70. The van der Waals surface area contributed by atoms with Gasteiger partial charge in [-0.1, -0.05) is 0 Å². The molecule has 0 saturated carbocycles. The van der Waals surface area contributed by atoms with Crippen LogP contribution in [-0.2, 0) is 16.6 Å². The van der Waals surface area contributed by atoms with Crippen molar-refractivity contribution >= 4 is 23.2 Å². The van der Waals surface area contributed by atoms with E-state index in [-0.39, 0.29) is 17.9 Å². The molecule has 24 heavy (non-hydrogen) atoms. The van der Waals surface area contributed by atoms with Crippen molar-refractivity contribution in [2.75, 3.05) is 17.2 Å². The van der Waals surface area contributed by atoms with Crippen molar-refractivity contribution < 1.29 is 14.3 Å². The number of aromatic nitrogens is 2. The first-order valence-electron chi connectivity index (χ1n) is 7.87. The Kier molecular flexibility index (Phi) is 4.61. The van der Waals surface area contributed by atoms with Crippen molar-refractivity contribution in [2.24, 2.45) is 7.05 Å². The zero-order valence-electron chi connectivity index (χ0n) is 13.7. The van der Waals surface area contributed by atoms with Gasteiger partial charge in [-0.25, -0.2) is 0 Å². The largest absolute Gasteiger partial charge is 0.368 e. The first-order valence-corrected chi connectivity index (χ1v) is 7.87. The molecule has 1 saturated heterocycles. The molecule has 2 heterocycles. The Morgan fingerprint density at radius 2 is 1.88 bits per heavy atom. The number of hydrogen-bond acceptors (Lipinski definition) is 4.